The van der Waals surface area contributed by atoms with E-state index in [2.05, 4.69) is 0 Å². The number of hydrogen-bond donors (Lipinski definition) is 0. The fraction of sp³-hybridized carbons (Fsp3) is 0.231. The van der Waals surface area contributed by atoms with Crippen LogP contribution in [-0.2, 0) is 11.8 Å². The summed E-state index contributed by atoms with van der Waals surface area (Å²) in [5.41, 5.74) is 0.542. The maximum atomic E-state index is 12.0. The Kier molecular flexibility index (Phi) is 2.95. The van der Waals surface area contributed by atoms with Gasteiger partial charge in [-0.25, -0.2) is 4.79 Å². The van der Waals surface area contributed by atoms with Crippen LogP contribution >= 0.6 is 0 Å². The second-order valence-corrected chi connectivity index (χ2v) is 3.70. The van der Waals surface area contributed by atoms with Crippen molar-refractivity contribution in [3.63, 3.8) is 0 Å². The van der Waals surface area contributed by atoms with Crippen LogP contribution in [0, 0.1) is 0 Å². The molecule has 1 aromatic heterocycles. The normalized spacial score (nSPS) is 10.5. The number of carbonyl (C=O) groups excluding carboxylic acids is 1. The van der Waals surface area contributed by atoms with Gasteiger partial charge in [0.1, 0.15) is 5.56 Å². The van der Waals surface area contributed by atoms with E-state index in [4.69, 9.17) is 4.74 Å². The molecule has 0 aliphatic rings. The minimum Gasteiger partial charge on any atom is -0.462 e. The van der Waals surface area contributed by atoms with Crippen LogP contribution in [0.3, 0.4) is 0 Å². The highest BCUT2D eigenvalue weighted by molar-refractivity contribution is 5.93. The highest BCUT2D eigenvalue weighted by Crippen LogP contribution is 2.12. The lowest BCUT2D eigenvalue weighted by atomic mass is 10.1. The van der Waals surface area contributed by atoms with Gasteiger partial charge in [0.25, 0.3) is 5.56 Å². The van der Waals surface area contributed by atoms with E-state index in [1.807, 2.05) is 24.3 Å². The average Bonchev–Trinajstić information content (AvgIpc) is 2.34. The van der Waals surface area contributed by atoms with E-state index in [-0.39, 0.29) is 17.7 Å². The molecule has 2 aromatic rings. The van der Waals surface area contributed by atoms with Crippen LogP contribution < -0.4 is 5.56 Å². The highest BCUT2D eigenvalue weighted by atomic mass is 16.5. The molecule has 0 fully saturated rings. The van der Waals surface area contributed by atoms with Gasteiger partial charge in [0.2, 0.25) is 0 Å². The monoisotopic (exact) mass is 231 g/mol. The summed E-state index contributed by atoms with van der Waals surface area (Å²) in [4.78, 5) is 23.6. The van der Waals surface area contributed by atoms with Gasteiger partial charge in [-0.05, 0) is 24.4 Å². The van der Waals surface area contributed by atoms with E-state index in [0.717, 1.165) is 10.9 Å². The van der Waals surface area contributed by atoms with E-state index in [0.29, 0.717) is 0 Å². The summed E-state index contributed by atoms with van der Waals surface area (Å²) in [5.74, 6) is -0.571. The molecule has 0 unspecified atom stereocenters. The molecule has 1 aromatic carbocycles. The van der Waals surface area contributed by atoms with Crippen LogP contribution in [0.4, 0.5) is 0 Å². The third-order valence-corrected chi connectivity index (χ3v) is 2.63. The van der Waals surface area contributed by atoms with Gasteiger partial charge < -0.3 is 9.30 Å². The largest absolute Gasteiger partial charge is 0.462 e. The van der Waals surface area contributed by atoms with E-state index in [1.165, 1.54) is 4.57 Å². The Balaban J connectivity index is 2.70. The molecule has 0 saturated carbocycles. The number of para-hydroxylation sites is 1. The Morgan fingerprint density at radius 2 is 2.06 bits per heavy atom. The zero-order valence-corrected chi connectivity index (χ0v) is 9.77. The van der Waals surface area contributed by atoms with Gasteiger partial charge in [-0.2, -0.15) is 0 Å². The molecule has 0 saturated heterocycles. The number of benzene rings is 1. The maximum Gasteiger partial charge on any atom is 0.343 e. The van der Waals surface area contributed by atoms with Gasteiger partial charge in [0.15, 0.2) is 0 Å². The summed E-state index contributed by atoms with van der Waals surface area (Å²) in [5, 5.41) is 0.845. The molecule has 0 bridgehead atoms. The second-order valence-electron chi connectivity index (χ2n) is 3.70. The molecule has 0 aliphatic carbocycles. The summed E-state index contributed by atoms with van der Waals surface area (Å²) in [6.07, 6.45) is 0. The minimum atomic E-state index is -0.571. The van der Waals surface area contributed by atoms with Crippen molar-refractivity contribution in [2.45, 2.75) is 6.92 Å². The van der Waals surface area contributed by atoms with Crippen molar-refractivity contribution in [1.82, 2.24) is 4.57 Å². The van der Waals surface area contributed by atoms with Crippen LogP contribution in [0.25, 0.3) is 10.9 Å². The van der Waals surface area contributed by atoms with E-state index < -0.39 is 5.97 Å². The number of nitrogens with zero attached hydrogens (tertiary/aromatic N) is 1. The Bertz CT molecular complexity index is 628. The Hall–Kier alpha value is -2.10. The van der Waals surface area contributed by atoms with Crippen molar-refractivity contribution >= 4 is 16.9 Å². The Labute approximate surface area is 98.4 Å². The molecule has 88 valence electrons. The predicted molar refractivity (Wildman–Crippen MR) is 65.1 cm³/mol. The van der Waals surface area contributed by atoms with Crippen molar-refractivity contribution in [3.05, 3.63) is 46.2 Å². The molecule has 2 rings (SSSR count). The van der Waals surface area contributed by atoms with Crippen molar-refractivity contribution < 1.29 is 9.53 Å². The van der Waals surface area contributed by atoms with E-state index in [9.17, 15) is 9.59 Å². The molecule has 0 amide bonds. The van der Waals surface area contributed by atoms with Crippen LogP contribution in [0.2, 0.25) is 0 Å². The number of esters is 1. The Morgan fingerprint density at radius 3 is 2.76 bits per heavy atom. The first-order valence-corrected chi connectivity index (χ1v) is 5.41. The van der Waals surface area contributed by atoms with Crippen LogP contribution in [0.15, 0.2) is 35.1 Å². The summed E-state index contributed by atoms with van der Waals surface area (Å²) in [6.45, 7) is 1.97. The molecular formula is C13H13NO3. The third kappa shape index (κ3) is 1.93. The van der Waals surface area contributed by atoms with E-state index in [1.54, 1.807) is 20.0 Å². The topological polar surface area (TPSA) is 48.3 Å². The number of hydrogen-bond acceptors (Lipinski definition) is 3. The second kappa shape index (κ2) is 4.41. The number of ether oxygens (including phenoxy) is 1. The number of pyridine rings is 1. The van der Waals surface area contributed by atoms with Gasteiger partial charge in [0, 0.05) is 7.05 Å². The first kappa shape index (κ1) is 11.4. The zero-order chi connectivity index (χ0) is 12.4. The molecule has 17 heavy (non-hydrogen) atoms. The molecule has 0 N–H and O–H groups in total. The summed E-state index contributed by atoms with van der Waals surface area (Å²) >= 11 is 0. The fourth-order valence-electron chi connectivity index (χ4n) is 1.78. The first-order valence-electron chi connectivity index (χ1n) is 5.41. The molecule has 0 aliphatic heterocycles. The summed E-state index contributed by atoms with van der Waals surface area (Å²) in [7, 11) is 1.65. The average molecular weight is 231 g/mol. The molecule has 4 nitrogen and oxygen atoms in total. The van der Waals surface area contributed by atoms with Gasteiger partial charge in [0.05, 0.1) is 12.1 Å². The lowest BCUT2D eigenvalue weighted by molar-refractivity contribution is 0.0524. The van der Waals surface area contributed by atoms with Crippen LogP contribution in [0.1, 0.15) is 17.3 Å². The van der Waals surface area contributed by atoms with Crippen molar-refractivity contribution in [2.24, 2.45) is 7.05 Å². The van der Waals surface area contributed by atoms with Gasteiger partial charge >= 0.3 is 5.97 Å². The quantitative estimate of drug-likeness (QED) is 0.739. The summed E-state index contributed by atoms with van der Waals surface area (Å²) < 4.78 is 6.32. The van der Waals surface area contributed by atoms with Crippen molar-refractivity contribution in [2.75, 3.05) is 6.61 Å². The fourth-order valence-corrected chi connectivity index (χ4v) is 1.78. The first-order chi connectivity index (χ1) is 8.15. The molecule has 1 heterocycles. The smallest absolute Gasteiger partial charge is 0.343 e. The van der Waals surface area contributed by atoms with Gasteiger partial charge in [-0.3, -0.25) is 4.79 Å². The van der Waals surface area contributed by atoms with Crippen LogP contribution in [-0.4, -0.2) is 17.1 Å². The lowest BCUT2D eigenvalue weighted by Gasteiger charge is -2.07. The van der Waals surface area contributed by atoms with Gasteiger partial charge in [-0.1, -0.05) is 18.2 Å². The lowest BCUT2D eigenvalue weighted by Crippen LogP contribution is -2.25. The standard InChI is InChI=1S/C13H13NO3/c1-3-17-13(16)10-8-9-6-4-5-7-11(9)14(2)12(10)15/h4-8H,3H2,1-2H3. The highest BCUT2D eigenvalue weighted by Gasteiger charge is 2.14. The molecule has 0 spiro atoms. The third-order valence-electron chi connectivity index (χ3n) is 2.63. The zero-order valence-electron chi connectivity index (χ0n) is 9.77. The summed E-state index contributed by atoms with van der Waals surface area (Å²) in [6, 6.07) is 8.99. The number of aryl methyl sites for hydroxylation is 1. The van der Waals surface area contributed by atoms with Gasteiger partial charge in [-0.15, -0.1) is 0 Å². The minimum absolute atomic E-state index is 0.0769. The van der Waals surface area contributed by atoms with Crippen molar-refractivity contribution in [1.29, 1.82) is 0 Å². The SMILES string of the molecule is CCOC(=O)c1cc2ccccc2n(C)c1=O. The number of fused-ring (bicyclic) bond motifs is 1. The predicted octanol–water partition coefficient (Wildman–Crippen LogP) is 1.72. The Morgan fingerprint density at radius 1 is 1.35 bits per heavy atom. The molecule has 4 heteroatoms. The van der Waals surface area contributed by atoms with E-state index >= 15 is 0 Å². The number of carbonyl (C=O) groups is 1. The number of rotatable bonds is 2. The molecule has 0 atom stereocenters. The van der Waals surface area contributed by atoms with Crippen LogP contribution in [0.5, 0.6) is 0 Å². The van der Waals surface area contributed by atoms with Crippen molar-refractivity contribution in [3.8, 4) is 0 Å². The molecular weight excluding hydrogens is 218 g/mol. The number of aromatic nitrogens is 1. The maximum absolute atomic E-state index is 12.0. The molecule has 0 radical (unpaired) electrons.